The number of aryl methyl sites for hydroxylation is 1. The lowest BCUT2D eigenvalue weighted by Crippen LogP contribution is -2.51. The molecule has 1 aliphatic heterocycles. The van der Waals surface area contributed by atoms with Crippen LogP contribution in [-0.4, -0.2) is 44.0 Å². The second kappa shape index (κ2) is 4.15. The highest BCUT2D eigenvalue weighted by atomic mass is 16.4. The number of carboxylic acids is 1. The molecule has 0 saturated carbocycles. The summed E-state index contributed by atoms with van der Waals surface area (Å²) in [6, 6.07) is 7.86. The predicted molar refractivity (Wildman–Crippen MR) is 76.4 cm³/mol. The molecule has 3 heterocycles. The van der Waals surface area contributed by atoms with E-state index in [1.165, 1.54) is 0 Å². The van der Waals surface area contributed by atoms with Crippen molar-refractivity contribution in [3.63, 3.8) is 0 Å². The van der Waals surface area contributed by atoms with E-state index in [1.54, 1.807) is 4.52 Å². The smallest absolute Gasteiger partial charge is 0.310 e. The van der Waals surface area contributed by atoms with Crippen molar-refractivity contribution in [1.29, 1.82) is 0 Å². The fraction of sp³-hybridized carbons (Fsp3) is 0.286. The molecule has 0 atom stereocenters. The third-order valence-corrected chi connectivity index (χ3v) is 3.93. The van der Waals surface area contributed by atoms with E-state index in [2.05, 4.69) is 15.3 Å². The van der Waals surface area contributed by atoms with Crippen LogP contribution in [-0.2, 0) is 4.79 Å². The van der Waals surface area contributed by atoms with E-state index >= 15 is 0 Å². The zero-order valence-electron chi connectivity index (χ0n) is 11.4. The van der Waals surface area contributed by atoms with Crippen LogP contribution in [0.5, 0.6) is 0 Å². The van der Waals surface area contributed by atoms with Crippen LogP contribution < -0.4 is 4.90 Å². The summed E-state index contributed by atoms with van der Waals surface area (Å²) in [5.41, 5.74) is 0.724. The van der Waals surface area contributed by atoms with Gasteiger partial charge in [0.2, 0.25) is 0 Å². The molecule has 3 aromatic rings. The van der Waals surface area contributed by atoms with Crippen molar-refractivity contribution in [3.05, 3.63) is 30.1 Å². The molecule has 1 saturated heterocycles. The standard InChI is InChI=1S/C14H13N5O2/c1-8-15-16-12-10-4-2-3-5-11(10)13(17-19(8)12)18-6-9(7-18)14(20)21/h2-5,9H,6-7H2,1H3,(H,20,21). The Morgan fingerprint density at radius 3 is 2.67 bits per heavy atom. The van der Waals surface area contributed by atoms with Crippen LogP contribution in [0.3, 0.4) is 0 Å². The Morgan fingerprint density at radius 2 is 1.95 bits per heavy atom. The molecule has 0 spiro atoms. The van der Waals surface area contributed by atoms with E-state index in [-0.39, 0.29) is 5.92 Å². The Hall–Kier alpha value is -2.70. The largest absolute Gasteiger partial charge is 0.481 e. The van der Waals surface area contributed by atoms with Crippen LogP contribution in [0.2, 0.25) is 0 Å². The number of carbonyl (C=O) groups is 1. The summed E-state index contributed by atoms with van der Waals surface area (Å²) in [6.07, 6.45) is 0. The molecule has 106 valence electrons. The van der Waals surface area contributed by atoms with Crippen LogP contribution in [0.25, 0.3) is 16.4 Å². The summed E-state index contributed by atoms with van der Waals surface area (Å²) < 4.78 is 1.71. The van der Waals surface area contributed by atoms with Crippen LogP contribution in [0.15, 0.2) is 24.3 Å². The molecule has 1 aromatic carbocycles. The van der Waals surface area contributed by atoms with Crippen molar-refractivity contribution in [2.45, 2.75) is 6.92 Å². The number of nitrogens with zero attached hydrogens (tertiary/aromatic N) is 5. The summed E-state index contributed by atoms with van der Waals surface area (Å²) in [5, 5.41) is 23.8. The van der Waals surface area contributed by atoms with Crippen molar-refractivity contribution in [3.8, 4) is 0 Å². The molecule has 2 aromatic heterocycles. The second-order valence-electron chi connectivity index (χ2n) is 5.29. The van der Waals surface area contributed by atoms with Crippen LogP contribution in [0.1, 0.15) is 5.82 Å². The van der Waals surface area contributed by atoms with Gasteiger partial charge in [-0.2, -0.15) is 4.52 Å². The zero-order valence-corrected chi connectivity index (χ0v) is 11.4. The maximum atomic E-state index is 11.0. The molecule has 0 unspecified atom stereocenters. The van der Waals surface area contributed by atoms with E-state index in [9.17, 15) is 4.79 Å². The predicted octanol–water partition coefficient (Wildman–Crippen LogP) is 1.11. The van der Waals surface area contributed by atoms with Gasteiger partial charge in [0.05, 0.1) is 5.92 Å². The molecule has 7 heteroatoms. The van der Waals surface area contributed by atoms with Crippen molar-refractivity contribution in [2.24, 2.45) is 5.92 Å². The molecule has 1 N–H and O–H groups in total. The van der Waals surface area contributed by atoms with Gasteiger partial charge in [-0.15, -0.1) is 15.3 Å². The monoisotopic (exact) mass is 283 g/mol. The van der Waals surface area contributed by atoms with Gasteiger partial charge in [0.15, 0.2) is 17.3 Å². The van der Waals surface area contributed by atoms with Crippen molar-refractivity contribution < 1.29 is 9.90 Å². The first kappa shape index (κ1) is 12.1. The number of aliphatic carboxylic acids is 1. The van der Waals surface area contributed by atoms with E-state index in [1.807, 2.05) is 36.1 Å². The Morgan fingerprint density at radius 1 is 1.24 bits per heavy atom. The van der Waals surface area contributed by atoms with E-state index in [4.69, 9.17) is 5.11 Å². The maximum Gasteiger partial charge on any atom is 0.310 e. The Kier molecular flexibility index (Phi) is 2.38. The lowest BCUT2D eigenvalue weighted by atomic mass is 10.00. The first-order valence-electron chi connectivity index (χ1n) is 6.73. The lowest BCUT2D eigenvalue weighted by Gasteiger charge is -2.38. The van der Waals surface area contributed by atoms with Gasteiger partial charge in [-0.1, -0.05) is 24.3 Å². The Balaban J connectivity index is 1.90. The summed E-state index contributed by atoms with van der Waals surface area (Å²) in [4.78, 5) is 13.0. The number of hydrogen-bond acceptors (Lipinski definition) is 5. The fourth-order valence-electron chi connectivity index (χ4n) is 2.71. The first-order chi connectivity index (χ1) is 10.1. The highest BCUT2D eigenvalue weighted by Crippen LogP contribution is 2.31. The molecule has 1 aliphatic rings. The first-order valence-corrected chi connectivity index (χ1v) is 6.73. The third kappa shape index (κ3) is 1.67. The number of fused-ring (bicyclic) bond motifs is 3. The van der Waals surface area contributed by atoms with Crippen molar-refractivity contribution in [1.82, 2.24) is 19.8 Å². The minimum Gasteiger partial charge on any atom is -0.481 e. The summed E-state index contributed by atoms with van der Waals surface area (Å²) in [7, 11) is 0. The average Bonchev–Trinajstić information content (AvgIpc) is 2.79. The molecule has 0 radical (unpaired) electrons. The van der Waals surface area contributed by atoms with Gasteiger partial charge in [0.1, 0.15) is 0 Å². The number of aromatic nitrogens is 4. The number of anilines is 1. The average molecular weight is 283 g/mol. The zero-order chi connectivity index (χ0) is 14.6. The van der Waals surface area contributed by atoms with E-state index < -0.39 is 5.97 Å². The van der Waals surface area contributed by atoms with Crippen LogP contribution in [0, 0.1) is 12.8 Å². The van der Waals surface area contributed by atoms with Gasteiger partial charge in [0.25, 0.3) is 0 Å². The Bertz CT molecular complexity index is 866. The third-order valence-electron chi connectivity index (χ3n) is 3.93. The van der Waals surface area contributed by atoms with E-state index in [0.29, 0.717) is 18.9 Å². The molecule has 1 fully saturated rings. The summed E-state index contributed by atoms with van der Waals surface area (Å²) in [6.45, 7) is 2.82. The molecule has 0 aliphatic carbocycles. The molecular weight excluding hydrogens is 270 g/mol. The highest BCUT2D eigenvalue weighted by Gasteiger charge is 2.34. The summed E-state index contributed by atoms with van der Waals surface area (Å²) in [5.74, 6) is 0.436. The topological polar surface area (TPSA) is 83.6 Å². The minimum absolute atomic E-state index is 0.316. The number of benzene rings is 1. The van der Waals surface area contributed by atoms with Crippen LogP contribution in [0.4, 0.5) is 5.82 Å². The van der Waals surface area contributed by atoms with E-state index in [0.717, 1.165) is 22.2 Å². The van der Waals surface area contributed by atoms with Crippen molar-refractivity contribution in [2.75, 3.05) is 18.0 Å². The number of rotatable bonds is 2. The minimum atomic E-state index is -0.753. The summed E-state index contributed by atoms with van der Waals surface area (Å²) >= 11 is 0. The quantitative estimate of drug-likeness (QED) is 0.758. The van der Waals surface area contributed by atoms with Gasteiger partial charge in [-0.05, 0) is 6.92 Å². The molecule has 21 heavy (non-hydrogen) atoms. The van der Waals surface area contributed by atoms with Gasteiger partial charge in [-0.3, -0.25) is 4.79 Å². The fourth-order valence-corrected chi connectivity index (χ4v) is 2.71. The van der Waals surface area contributed by atoms with Crippen LogP contribution >= 0.6 is 0 Å². The second-order valence-corrected chi connectivity index (χ2v) is 5.29. The molecule has 0 bridgehead atoms. The van der Waals surface area contributed by atoms with Gasteiger partial charge in [-0.25, -0.2) is 0 Å². The number of carboxylic acid groups (broad SMARTS) is 1. The Labute approximate surface area is 119 Å². The molecular formula is C14H13N5O2. The van der Waals surface area contributed by atoms with Gasteiger partial charge >= 0.3 is 5.97 Å². The van der Waals surface area contributed by atoms with Gasteiger partial charge in [0, 0.05) is 23.9 Å². The highest BCUT2D eigenvalue weighted by molar-refractivity contribution is 6.00. The van der Waals surface area contributed by atoms with Crippen molar-refractivity contribution >= 4 is 28.2 Å². The van der Waals surface area contributed by atoms with Gasteiger partial charge < -0.3 is 10.0 Å². The maximum absolute atomic E-state index is 11.0. The molecule has 7 nitrogen and oxygen atoms in total. The SMILES string of the molecule is Cc1nnc2c3ccccc3c(N3CC(C(=O)O)C3)nn12. The molecule has 0 amide bonds. The number of hydrogen-bond donors (Lipinski definition) is 1. The molecule has 4 rings (SSSR count). The lowest BCUT2D eigenvalue weighted by molar-refractivity contribution is -0.142. The normalized spacial score (nSPS) is 15.6.